The summed E-state index contributed by atoms with van der Waals surface area (Å²) in [7, 11) is -3.62. The van der Waals surface area contributed by atoms with Gasteiger partial charge in [-0.2, -0.15) is 17.4 Å². The molecule has 7 heteroatoms. The van der Waals surface area contributed by atoms with Crippen molar-refractivity contribution in [3.8, 4) is 0 Å². The smallest absolute Gasteiger partial charge is 0.324 e. The number of hydrogen-bond acceptors (Lipinski definition) is 4. The van der Waals surface area contributed by atoms with Crippen LogP contribution in [0.25, 0.3) is 0 Å². The number of esters is 1. The summed E-state index contributed by atoms with van der Waals surface area (Å²) in [4.78, 5) is 11.8. The van der Waals surface area contributed by atoms with E-state index in [1.807, 2.05) is 0 Å². The van der Waals surface area contributed by atoms with Crippen molar-refractivity contribution in [2.75, 3.05) is 13.1 Å². The minimum absolute atomic E-state index is 0.498. The molecule has 1 aliphatic rings. The number of ether oxygens (including phenoxy) is 1. The number of rotatable bonds is 4. The number of carbonyl (C=O) groups is 1. The molecule has 0 aromatic heterocycles. The highest BCUT2D eigenvalue weighted by Gasteiger charge is 2.31. The van der Waals surface area contributed by atoms with Crippen LogP contribution in [0.4, 0.5) is 0 Å². The third-order valence-electron chi connectivity index (χ3n) is 3.17. The van der Waals surface area contributed by atoms with E-state index in [0.29, 0.717) is 19.0 Å². The van der Waals surface area contributed by atoms with Crippen molar-refractivity contribution in [2.45, 2.75) is 59.1 Å². The Balaban J connectivity index is 2.59. The molecule has 0 aromatic carbocycles. The van der Waals surface area contributed by atoms with Crippen LogP contribution in [0.1, 0.15) is 47.5 Å². The molecule has 0 radical (unpaired) electrons. The molecule has 1 N–H and O–H groups in total. The van der Waals surface area contributed by atoms with Crippen molar-refractivity contribution in [1.82, 2.24) is 9.03 Å². The molecule has 0 unspecified atom stereocenters. The zero-order valence-electron chi connectivity index (χ0n) is 13.0. The van der Waals surface area contributed by atoms with Crippen molar-refractivity contribution in [3.63, 3.8) is 0 Å². The number of nitrogens with one attached hydrogen (secondary N) is 1. The maximum atomic E-state index is 12.2. The van der Waals surface area contributed by atoms with Crippen LogP contribution in [0.5, 0.6) is 0 Å². The fraction of sp³-hybridized carbons (Fsp3) is 0.923. The van der Waals surface area contributed by atoms with E-state index in [1.165, 1.54) is 11.2 Å². The molecule has 1 rings (SSSR count). The minimum atomic E-state index is -3.62. The summed E-state index contributed by atoms with van der Waals surface area (Å²) in [5.41, 5.74) is -0.628. The molecule has 0 bridgehead atoms. The standard InChI is InChI=1S/C13H26N2O4S/c1-10-6-8-15(9-7-10)20(17,18)14-11(2)12(16)19-13(3,4)5/h10-11,14H,6-9H2,1-5H3/t11-/m0/s1. The first kappa shape index (κ1) is 17.4. The van der Waals surface area contributed by atoms with E-state index in [9.17, 15) is 13.2 Å². The highest BCUT2D eigenvalue weighted by Crippen LogP contribution is 2.18. The van der Waals surface area contributed by atoms with Crippen molar-refractivity contribution in [2.24, 2.45) is 5.92 Å². The van der Waals surface area contributed by atoms with Crippen LogP contribution in [0.15, 0.2) is 0 Å². The lowest BCUT2D eigenvalue weighted by molar-refractivity contribution is -0.156. The van der Waals surface area contributed by atoms with Crippen LogP contribution >= 0.6 is 0 Å². The Morgan fingerprint density at radius 1 is 1.30 bits per heavy atom. The molecule has 1 aliphatic heterocycles. The number of hydrogen-bond donors (Lipinski definition) is 1. The number of carbonyl (C=O) groups excluding carboxylic acids is 1. The summed E-state index contributed by atoms with van der Waals surface area (Å²) in [5, 5.41) is 0. The maximum absolute atomic E-state index is 12.2. The highest BCUT2D eigenvalue weighted by atomic mass is 32.2. The lowest BCUT2D eigenvalue weighted by Gasteiger charge is -2.30. The van der Waals surface area contributed by atoms with Gasteiger partial charge in [-0.3, -0.25) is 4.79 Å². The molecule has 0 spiro atoms. The Bertz CT molecular complexity index is 434. The quantitative estimate of drug-likeness (QED) is 0.794. The average Bonchev–Trinajstić information content (AvgIpc) is 2.26. The summed E-state index contributed by atoms with van der Waals surface area (Å²) in [6.45, 7) is 9.85. The van der Waals surface area contributed by atoms with E-state index in [-0.39, 0.29) is 0 Å². The summed E-state index contributed by atoms with van der Waals surface area (Å²) < 4.78 is 33.3. The first-order valence-electron chi connectivity index (χ1n) is 7.01. The van der Waals surface area contributed by atoms with Gasteiger partial charge >= 0.3 is 5.97 Å². The molecule has 118 valence electrons. The second kappa shape index (κ2) is 6.41. The second-order valence-corrected chi connectivity index (χ2v) is 8.16. The maximum Gasteiger partial charge on any atom is 0.324 e. The third-order valence-corrected chi connectivity index (χ3v) is 4.86. The van der Waals surface area contributed by atoms with Crippen molar-refractivity contribution in [3.05, 3.63) is 0 Å². The van der Waals surface area contributed by atoms with Gasteiger partial charge < -0.3 is 4.74 Å². The number of nitrogens with zero attached hydrogens (tertiary/aromatic N) is 1. The monoisotopic (exact) mass is 306 g/mol. The van der Waals surface area contributed by atoms with Crippen molar-refractivity contribution in [1.29, 1.82) is 0 Å². The first-order valence-corrected chi connectivity index (χ1v) is 8.45. The lowest BCUT2D eigenvalue weighted by atomic mass is 10.0. The van der Waals surface area contributed by atoms with Gasteiger partial charge in [-0.15, -0.1) is 0 Å². The molecular weight excluding hydrogens is 280 g/mol. The second-order valence-electron chi connectivity index (χ2n) is 6.46. The van der Waals surface area contributed by atoms with Gasteiger partial charge in [0.2, 0.25) is 0 Å². The van der Waals surface area contributed by atoms with Gasteiger partial charge in [-0.05, 0) is 46.5 Å². The highest BCUT2D eigenvalue weighted by molar-refractivity contribution is 7.87. The van der Waals surface area contributed by atoms with Gasteiger partial charge in [0, 0.05) is 13.1 Å². The molecule has 1 atom stereocenters. The van der Waals surface area contributed by atoms with Crippen LogP contribution in [0, 0.1) is 5.92 Å². The van der Waals surface area contributed by atoms with E-state index < -0.39 is 27.8 Å². The van der Waals surface area contributed by atoms with Gasteiger partial charge in [0.15, 0.2) is 0 Å². The van der Waals surface area contributed by atoms with Crippen LogP contribution in [0.2, 0.25) is 0 Å². The largest absolute Gasteiger partial charge is 0.459 e. The summed E-state index contributed by atoms with van der Waals surface area (Å²) >= 11 is 0. The fourth-order valence-electron chi connectivity index (χ4n) is 1.96. The molecule has 1 heterocycles. The van der Waals surface area contributed by atoms with E-state index in [2.05, 4.69) is 11.6 Å². The Morgan fingerprint density at radius 3 is 2.25 bits per heavy atom. The zero-order chi connectivity index (χ0) is 15.6. The van der Waals surface area contributed by atoms with Gasteiger partial charge in [-0.1, -0.05) is 6.92 Å². The molecule has 1 saturated heterocycles. The van der Waals surface area contributed by atoms with Gasteiger partial charge in [-0.25, -0.2) is 0 Å². The Morgan fingerprint density at radius 2 is 1.80 bits per heavy atom. The predicted molar refractivity (Wildman–Crippen MR) is 77.3 cm³/mol. The van der Waals surface area contributed by atoms with Crippen LogP contribution in [0.3, 0.4) is 0 Å². The molecular formula is C13H26N2O4S. The van der Waals surface area contributed by atoms with Crippen LogP contribution < -0.4 is 4.72 Å². The summed E-state index contributed by atoms with van der Waals surface area (Å²) in [6, 6.07) is -0.890. The molecule has 0 aliphatic carbocycles. The van der Waals surface area contributed by atoms with E-state index in [4.69, 9.17) is 4.74 Å². The van der Waals surface area contributed by atoms with E-state index >= 15 is 0 Å². The molecule has 1 fully saturated rings. The zero-order valence-corrected chi connectivity index (χ0v) is 13.8. The van der Waals surface area contributed by atoms with Crippen LogP contribution in [-0.2, 0) is 19.7 Å². The van der Waals surface area contributed by atoms with Gasteiger partial charge in [0.25, 0.3) is 10.2 Å². The Kier molecular flexibility index (Phi) is 5.57. The summed E-state index contributed by atoms with van der Waals surface area (Å²) in [5.74, 6) is -0.0174. The van der Waals surface area contributed by atoms with E-state index in [0.717, 1.165) is 12.8 Å². The van der Waals surface area contributed by atoms with E-state index in [1.54, 1.807) is 20.8 Å². The van der Waals surface area contributed by atoms with Gasteiger partial charge in [0.05, 0.1) is 0 Å². The molecule has 0 saturated carbocycles. The lowest BCUT2D eigenvalue weighted by Crippen LogP contribution is -2.50. The minimum Gasteiger partial charge on any atom is -0.459 e. The molecule has 0 amide bonds. The molecule has 6 nitrogen and oxygen atoms in total. The predicted octanol–water partition coefficient (Wildman–Crippen LogP) is 1.28. The number of piperidine rings is 1. The normalized spacial score (nSPS) is 20.6. The van der Waals surface area contributed by atoms with Crippen molar-refractivity contribution >= 4 is 16.2 Å². The third kappa shape index (κ3) is 5.38. The first-order chi connectivity index (χ1) is 9.01. The van der Waals surface area contributed by atoms with Crippen LogP contribution in [-0.4, -0.2) is 43.4 Å². The molecule has 0 aromatic rings. The van der Waals surface area contributed by atoms with Gasteiger partial charge in [0.1, 0.15) is 11.6 Å². The average molecular weight is 306 g/mol. The Hall–Kier alpha value is -0.660. The summed E-state index contributed by atoms with van der Waals surface area (Å²) in [6.07, 6.45) is 1.70. The fourth-order valence-corrected chi connectivity index (χ4v) is 3.35. The topological polar surface area (TPSA) is 75.7 Å². The Labute approximate surface area is 122 Å². The molecule has 20 heavy (non-hydrogen) atoms. The van der Waals surface area contributed by atoms with Crippen molar-refractivity contribution < 1.29 is 17.9 Å². The SMILES string of the molecule is CC1CCN(S(=O)(=O)N[C@@H](C)C(=O)OC(C)(C)C)CC1.